The lowest BCUT2D eigenvalue weighted by molar-refractivity contribution is -0.131. The SMILES string of the molecule is COc1ccc(C(NCC(=O)N(C)C2CCCCC2)C(C)C)cc1. The molecule has 1 amide bonds. The van der Waals surface area contributed by atoms with E-state index in [0.29, 0.717) is 18.5 Å². The molecule has 1 fully saturated rings. The monoisotopic (exact) mass is 332 g/mol. The molecule has 4 nitrogen and oxygen atoms in total. The first-order chi connectivity index (χ1) is 11.5. The molecule has 0 saturated heterocycles. The molecule has 134 valence electrons. The Bertz CT molecular complexity index is 507. The first-order valence-corrected chi connectivity index (χ1v) is 9.16. The number of ether oxygens (including phenoxy) is 1. The van der Waals surface area contributed by atoms with Gasteiger partial charge in [0, 0.05) is 19.1 Å². The van der Waals surface area contributed by atoms with Crippen molar-refractivity contribution in [1.82, 2.24) is 10.2 Å². The van der Waals surface area contributed by atoms with Crippen molar-refractivity contribution in [1.29, 1.82) is 0 Å². The van der Waals surface area contributed by atoms with Crippen molar-refractivity contribution in [2.75, 3.05) is 20.7 Å². The lowest BCUT2D eigenvalue weighted by atomic mass is 9.94. The number of methoxy groups -OCH3 is 1. The number of hydrogen-bond donors (Lipinski definition) is 1. The lowest BCUT2D eigenvalue weighted by Gasteiger charge is -2.32. The summed E-state index contributed by atoms with van der Waals surface area (Å²) < 4.78 is 5.23. The fraction of sp³-hybridized carbons (Fsp3) is 0.650. The summed E-state index contributed by atoms with van der Waals surface area (Å²) in [6, 6.07) is 8.69. The van der Waals surface area contributed by atoms with Gasteiger partial charge in [0.05, 0.1) is 13.7 Å². The number of benzene rings is 1. The van der Waals surface area contributed by atoms with Crippen LogP contribution in [0.15, 0.2) is 24.3 Å². The molecule has 0 radical (unpaired) electrons. The molecule has 1 aliphatic rings. The van der Waals surface area contributed by atoms with Crippen molar-refractivity contribution in [3.05, 3.63) is 29.8 Å². The second-order valence-corrected chi connectivity index (χ2v) is 7.17. The van der Waals surface area contributed by atoms with Crippen molar-refractivity contribution in [3.63, 3.8) is 0 Å². The highest BCUT2D eigenvalue weighted by atomic mass is 16.5. The van der Waals surface area contributed by atoms with E-state index in [0.717, 1.165) is 18.6 Å². The van der Waals surface area contributed by atoms with Gasteiger partial charge in [0.15, 0.2) is 0 Å². The van der Waals surface area contributed by atoms with Crippen molar-refractivity contribution < 1.29 is 9.53 Å². The van der Waals surface area contributed by atoms with Crippen LogP contribution in [0.1, 0.15) is 57.6 Å². The van der Waals surface area contributed by atoms with E-state index in [1.807, 2.05) is 24.1 Å². The van der Waals surface area contributed by atoms with Gasteiger partial charge >= 0.3 is 0 Å². The van der Waals surface area contributed by atoms with Crippen LogP contribution in [-0.2, 0) is 4.79 Å². The van der Waals surface area contributed by atoms with Gasteiger partial charge in [0.2, 0.25) is 5.91 Å². The van der Waals surface area contributed by atoms with Crippen LogP contribution in [0.2, 0.25) is 0 Å². The average Bonchev–Trinajstić information content (AvgIpc) is 2.62. The van der Waals surface area contributed by atoms with Gasteiger partial charge in [0.1, 0.15) is 5.75 Å². The van der Waals surface area contributed by atoms with Crippen LogP contribution in [0.25, 0.3) is 0 Å². The maximum absolute atomic E-state index is 12.5. The van der Waals surface area contributed by atoms with Gasteiger partial charge in [-0.2, -0.15) is 0 Å². The predicted octanol–water partition coefficient (Wildman–Crippen LogP) is 3.77. The number of nitrogens with zero attached hydrogens (tertiary/aromatic N) is 1. The summed E-state index contributed by atoms with van der Waals surface area (Å²) in [5.41, 5.74) is 1.19. The zero-order valence-corrected chi connectivity index (χ0v) is 15.5. The van der Waals surface area contributed by atoms with Crippen LogP contribution < -0.4 is 10.1 Å². The number of nitrogens with one attached hydrogen (secondary N) is 1. The van der Waals surface area contributed by atoms with Gasteiger partial charge in [-0.15, -0.1) is 0 Å². The molecule has 1 atom stereocenters. The summed E-state index contributed by atoms with van der Waals surface area (Å²) in [7, 11) is 3.63. The fourth-order valence-corrected chi connectivity index (χ4v) is 3.54. The van der Waals surface area contributed by atoms with Crippen molar-refractivity contribution in [3.8, 4) is 5.75 Å². The highest BCUT2D eigenvalue weighted by Gasteiger charge is 2.23. The number of rotatable bonds is 7. The van der Waals surface area contributed by atoms with Crippen molar-refractivity contribution >= 4 is 5.91 Å². The second kappa shape index (κ2) is 9.07. The largest absolute Gasteiger partial charge is 0.497 e. The summed E-state index contributed by atoms with van der Waals surface area (Å²) >= 11 is 0. The number of amides is 1. The van der Waals surface area contributed by atoms with Gasteiger partial charge in [0.25, 0.3) is 0 Å². The van der Waals surface area contributed by atoms with Crippen molar-refractivity contribution in [2.45, 2.75) is 58.0 Å². The standard InChI is InChI=1S/C20H32N2O2/c1-15(2)20(16-10-12-18(24-4)13-11-16)21-14-19(23)22(3)17-8-6-5-7-9-17/h10-13,15,17,20-21H,5-9,14H2,1-4H3. The van der Waals surface area contributed by atoms with E-state index in [4.69, 9.17) is 4.74 Å². The molecule has 1 unspecified atom stereocenters. The van der Waals surface area contributed by atoms with Crippen LogP contribution in [0.5, 0.6) is 5.75 Å². The summed E-state index contributed by atoms with van der Waals surface area (Å²) in [6.45, 7) is 4.75. The van der Waals surface area contributed by atoms with E-state index >= 15 is 0 Å². The minimum absolute atomic E-state index is 0.166. The molecular formula is C20H32N2O2. The molecule has 1 N–H and O–H groups in total. The molecule has 0 aliphatic heterocycles. The quantitative estimate of drug-likeness (QED) is 0.826. The normalized spacial score (nSPS) is 16.9. The Morgan fingerprint density at radius 2 is 1.83 bits per heavy atom. The minimum atomic E-state index is 0.166. The third-order valence-corrected chi connectivity index (χ3v) is 5.13. The molecule has 4 heteroatoms. The number of carbonyl (C=O) groups excluding carboxylic acids is 1. The first kappa shape index (κ1) is 18.8. The summed E-state index contributed by atoms with van der Waals surface area (Å²) in [5, 5.41) is 3.46. The topological polar surface area (TPSA) is 41.6 Å². The van der Waals surface area contributed by atoms with Gasteiger partial charge < -0.3 is 15.0 Å². The Morgan fingerprint density at radius 3 is 2.38 bits per heavy atom. The van der Waals surface area contributed by atoms with Gasteiger partial charge in [-0.3, -0.25) is 4.79 Å². The zero-order valence-electron chi connectivity index (χ0n) is 15.5. The first-order valence-electron chi connectivity index (χ1n) is 9.16. The lowest BCUT2D eigenvalue weighted by Crippen LogP contribution is -2.44. The van der Waals surface area contributed by atoms with E-state index in [-0.39, 0.29) is 11.9 Å². The number of likely N-dealkylation sites (N-methyl/N-ethyl adjacent to an activating group) is 1. The Labute approximate surface area is 146 Å². The highest BCUT2D eigenvalue weighted by molar-refractivity contribution is 5.78. The molecule has 24 heavy (non-hydrogen) atoms. The van der Waals surface area contributed by atoms with E-state index < -0.39 is 0 Å². The maximum Gasteiger partial charge on any atom is 0.236 e. The molecule has 1 aromatic carbocycles. The molecule has 1 aromatic rings. The van der Waals surface area contributed by atoms with Crippen LogP contribution in [-0.4, -0.2) is 37.6 Å². The van der Waals surface area contributed by atoms with Gasteiger partial charge in [-0.25, -0.2) is 0 Å². The van der Waals surface area contributed by atoms with E-state index in [2.05, 4.69) is 31.3 Å². The fourth-order valence-electron chi connectivity index (χ4n) is 3.54. The third-order valence-electron chi connectivity index (χ3n) is 5.13. The molecule has 2 rings (SSSR count). The second-order valence-electron chi connectivity index (χ2n) is 7.17. The van der Waals surface area contributed by atoms with E-state index in [1.54, 1.807) is 7.11 Å². The number of hydrogen-bond acceptors (Lipinski definition) is 3. The Balaban J connectivity index is 1.93. The van der Waals surface area contributed by atoms with Crippen LogP contribution in [0, 0.1) is 5.92 Å². The van der Waals surface area contributed by atoms with E-state index in [1.165, 1.54) is 24.8 Å². The number of carbonyl (C=O) groups is 1. The van der Waals surface area contributed by atoms with Gasteiger partial charge in [-0.05, 0) is 36.5 Å². The smallest absolute Gasteiger partial charge is 0.236 e. The van der Waals surface area contributed by atoms with Gasteiger partial charge in [-0.1, -0.05) is 45.2 Å². The van der Waals surface area contributed by atoms with Crippen LogP contribution >= 0.6 is 0 Å². The highest BCUT2D eigenvalue weighted by Crippen LogP contribution is 2.24. The summed E-state index contributed by atoms with van der Waals surface area (Å²) in [5.74, 6) is 1.46. The molecular weight excluding hydrogens is 300 g/mol. The molecule has 1 saturated carbocycles. The third kappa shape index (κ3) is 4.97. The predicted molar refractivity (Wildman–Crippen MR) is 98.2 cm³/mol. The summed E-state index contributed by atoms with van der Waals surface area (Å²) in [6.07, 6.45) is 6.10. The van der Waals surface area contributed by atoms with E-state index in [9.17, 15) is 4.79 Å². The minimum Gasteiger partial charge on any atom is -0.497 e. The molecule has 0 bridgehead atoms. The molecule has 0 spiro atoms. The molecule has 1 aliphatic carbocycles. The average molecular weight is 332 g/mol. The Kier molecular flexibility index (Phi) is 7.10. The summed E-state index contributed by atoms with van der Waals surface area (Å²) in [4.78, 5) is 14.5. The Hall–Kier alpha value is -1.55. The zero-order chi connectivity index (χ0) is 17.5. The van der Waals surface area contributed by atoms with Crippen LogP contribution in [0.3, 0.4) is 0 Å². The maximum atomic E-state index is 12.5. The van der Waals surface area contributed by atoms with Crippen LogP contribution in [0.4, 0.5) is 0 Å². The molecule has 0 aromatic heterocycles. The molecule has 0 heterocycles. The van der Waals surface area contributed by atoms with Crippen molar-refractivity contribution in [2.24, 2.45) is 5.92 Å². The Morgan fingerprint density at radius 1 is 1.21 bits per heavy atom.